The number of rotatable bonds is 5. The molecule has 0 bridgehead atoms. The molecule has 0 atom stereocenters. The van der Waals surface area contributed by atoms with E-state index in [-0.39, 0.29) is 23.2 Å². The molecular weight excluding hydrogens is 450 g/mol. The van der Waals surface area contributed by atoms with Crippen LogP contribution in [-0.2, 0) is 0 Å². The third-order valence-electron chi connectivity index (χ3n) is 6.18. The number of anilines is 2. The highest BCUT2D eigenvalue weighted by atomic mass is 19.1. The molecule has 178 valence electrons. The molecule has 1 aliphatic rings. The van der Waals surface area contributed by atoms with E-state index in [1.165, 1.54) is 6.20 Å². The predicted octanol–water partition coefficient (Wildman–Crippen LogP) is 4.54. The Morgan fingerprint density at radius 2 is 1.89 bits per heavy atom. The minimum absolute atomic E-state index is 0.0237. The van der Waals surface area contributed by atoms with Crippen LogP contribution >= 0.6 is 0 Å². The second-order valence-electron chi connectivity index (χ2n) is 8.65. The highest BCUT2D eigenvalue weighted by Gasteiger charge is 2.21. The zero-order valence-electron chi connectivity index (χ0n) is 19.1. The zero-order valence-corrected chi connectivity index (χ0v) is 19.1. The highest BCUT2D eigenvalue weighted by Crippen LogP contribution is 2.32. The van der Waals surface area contributed by atoms with Crippen molar-refractivity contribution in [1.82, 2.24) is 25.2 Å². The molecule has 0 spiro atoms. The Bertz CT molecular complexity index is 1390. The predicted molar refractivity (Wildman–Crippen MR) is 130 cm³/mol. The molecule has 7 nitrogen and oxygen atoms in total. The molecule has 0 radical (unpaired) electrons. The fraction of sp³-hybridized carbons (Fsp3) is 0.231. The number of nitrogens with zero attached hydrogens (tertiary/aromatic N) is 4. The third kappa shape index (κ3) is 4.95. The Balaban J connectivity index is 1.50. The van der Waals surface area contributed by atoms with Crippen LogP contribution in [-0.4, -0.2) is 51.9 Å². The van der Waals surface area contributed by atoms with E-state index in [0.717, 1.165) is 44.1 Å². The largest absolute Gasteiger partial charge is 0.354 e. The normalized spacial score (nSPS) is 14.7. The van der Waals surface area contributed by atoms with Gasteiger partial charge >= 0.3 is 0 Å². The highest BCUT2D eigenvalue weighted by molar-refractivity contribution is 6.02. The van der Waals surface area contributed by atoms with Crippen LogP contribution in [0.4, 0.5) is 20.2 Å². The van der Waals surface area contributed by atoms with Gasteiger partial charge in [0.05, 0.1) is 22.6 Å². The summed E-state index contributed by atoms with van der Waals surface area (Å²) in [6.07, 6.45) is 6.45. The lowest BCUT2D eigenvalue weighted by Crippen LogP contribution is -2.43. The van der Waals surface area contributed by atoms with Gasteiger partial charge in [0.15, 0.2) is 5.65 Å². The standard InChI is InChI=1S/C26H24F2N6O/c1-34-11-7-17(8-12-34)31-26(35)20-15-29-10-6-22(20)32-23-14-24(19-13-16(27)4-5-21(19)28)33-25-18(23)3-2-9-30-25/h2-6,9-10,13-15,17H,7-8,11-12H2,1H3,(H,31,35)(H,29,30,32,33). The van der Waals surface area contributed by atoms with Crippen molar-refractivity contribution in [3.63, 3.8) is 0 Å². The molecule has 1 amide bonds. The molecule has 4 heterocycles. The summed E-state index contributed by atoms with van der Waals surface area (Å²) in [5, 5.41) is 7.06. The van der Waals surface area contributed by atoms with Gasteiger partial charge in [0.1, 0.15) is 11.6 Å². The molecule has 0 saturated carbocycles. The first-order valence-corrected chi connectivity index (χ1v) is 11.4. The maximum atomic E-state index is 14.5. The molecule has 3 aromatic heterocycles. The van der Waals surface area contributed by atoms with E-state index in [0.29, 0.717) is 28.0 Å². The Kier molecular flexibility index (Phi) is 6.33. The average molecular weight is 475 g/mol. The van der Waals surface area contributed by atoms with E-state index < -0.39 is 11.6 Å². The fourth-order valence-corrected chi connectivity index (χ4v) is 4.24. The van der Waals surface area contributed by atoms with Crippen molar-refractivity contribution in [1.29, 1.82) is 0 Å². The Labute approximate surface area is 201 Å². The van der Waals surface area contributed by atoms with Gasteiger partial charge in [-0.3, -0.25) is 9.78 Å². The van der Waals surface area contributed by atoms with Gasteiger partial charge in [-0.25, -0.2) is 18.7 Å². The van der Waals surface area contributed by atoms with Crippen LogP contribution in [0.25, 0.3) is 22.3 Å². The monoisotopic (exact) mass is 474 g/mol. The van der Waals surface area contributed by atoms with E-state index in [2.05, 4.69) is 37.5 Å². The molecule has 5 rings (SSSR count). The van der Waals surface area contributed by atoms with Crippen LogP contribution in [0.15, 0.2) is 61.1 Å². The summed E-state index contributed by atoms with van der Waals surface area (Å²) in [7, 11) is 2.07. The molecular formula is C26H24F2N6O. The summed E-state index contributed by atoms with van der Waals surface area (Å²) in [6, 6.07) is 10.2. The molecule has 1 aromatic carbocycles. The Hall–Kier alpha value is -3.98. The van der Waals surface area contributed by atoms with Crippen molar-refractivity contribution >= 4 is 28.3 Å². The van der Waals surface area contributed by atoms with E-state index >= 15 is 0 Å². The van der Waals surface area contributed by atoms with Crippen LogP contribution in [0.1, 0.15) is 23.2 Å². The van der Waals surface area contributed by atoms with Gasteiger partial charge in [-0.05, 0) is 75.4 Å². The van der Waals surface area contributed by atoms with Crippen LogP contribution in [0, 0.1) is 11.6 Å². The van der Waals surface area contributed by atoms with Gasteiger partial charge in [0.2, 0.25) is 0 Å². The number of pyridine rings is 3. The number of hydrogen-bond donors (Lipinski definition) is 2. The van der Waals surface area contributed by atoms with Gasteiger partial charge < -0.3 is 15.5 Å². The minimum atomic E-state index is -0.595. The SMILES string of the molecule is CN1CCC(NC(=O)c2cnccc2Nc2cc(-c3cc(F)ccc3F)nc3ncccc23)CC1. The lowest BCUT2D eigenvalue weighted by Gasteiger charge is -2.29. The Morgan fingerprint density at radius 1 is 1.06 bits per heavy atom. The molecule has 1 saturated heterocycles. The number of carbonyl (C=O) groups excluding carboxylic acids is 1. The number of likely N-dealkylation sites (tertiary alicyclic amines) is 1. The first-order chi connectivity index (χ1) is 17.0. The summed E-state index contributed by atoms with van der Waals surface area (Å²) in [4.78, 5) is 28.2. The molecule has 1 aliphatic heterocycles. The number of hydrogen-bond acceptors (Lipinski definition) is 6. The second kappa shape index (κ2) is 9.71. The maximum Gasteiger partial charge on any atom is 0.255 e. The molecule has 35 heavy (non-hydrogen) atoms. The maximum absolute atomic E-state index is 14.5. The smallest absolute Gasteiger partial charge is 0.255 e. The van der Waals surface area contributed by atoms with Gasteiger partial charge in [-0.2, -0.15) is 0 Å². The lowest BCUT2D eigenvalue weighted by molar-refractivity contribution is 0.0917. The number of halogens is 2. The summed E-state index contributed by atoms with van der Waals surface area (Å²) >= 11 is 0. The number of nitrogens with one attached hydrogen (secondary N) is 2. The van der Waals surface area contributed by atoms with E-state index in [1.807, 2.05) is 6.07 Å². The van der Waals surface area contributed by atoms with Crippen molar-refractivity contribution < 1.29 is 13.6 Å². The fourth-order valence-electron chi connectivity index (χ4n) is 4.24. The van der Waals surface area contributed by atoms with Gasteiger partial charge in [0.25, 0.3) is 5.91 Å². The zero-order chi connectivity index (χ0) is 24.4. The van der Waals surface area contributed by atoms with Crippen molar-refractivity contribution in [2.45, 2.75) is 18.9 Å². The van der Waals surface area contributed by atoms with Crippen LogP contribution < -0.4 is 10.6 Å². The molecule has 0 aliphatic carbocycles. The van der Waals surface area contributed by atoms with Gasteiger partial charge in [-0.1, -0.05) is 0 Å². The number of aromatic nitrogens is 3. The van der Waals surface area contributed by atoms with Crippen molar-refractivity contribution in [2.24, 2.45) is 0 Å². The average Bonchev–Trinajstić information content (AvgIpc) is 2.87. The van der Waals surface area contributed by atoms with Crippen molar-refractivity contribution in [3.8, 4) is 11.3 Å². The van der Waals surface area contributed by atoms with Crippen LogP contribution in [0.5, 0.6) is 0 Å². The molecule has 2 N–H and O–H groups in total. The molecule has 1 fully saturated rings. The second-order valence-corrected chi connectivity index (χ2v) is 8.65. The quantitative estimate of drug-likeness (QED) is 0.442. The van der Waals surface area contributed by atoms with Gasteiger partial charge in [-0.15, -0.1) is 0 Å². The van der Waals surface area contributed by atoms with Gasteiger partial charge in [0, 0.05) is 35.6 Å². The van der Waals surface area contributed by atoms with Crippen LogP contribution in [0.3, 0.4) is 0 Å². The summed E-state index contributed by atoms with van der Waals surface area (Å²) in [5.74, 6) is -1.38. The first kappa shape index (κ1) is 22.8. The molecule has 4 aromatic rings. The van der Waals surface area contributed by atoms with E-state index in [4.69, 9.17) is 0 Å². The number of piperidine rings is 1. The lowest BCUT2D eigenvalue weighted by atomic mass is 10.0. The summed E-state index contributed by atoms with van der Waals surface area (Å²) in [5.41, 5.74) is 2.09. The van der Waals surface area contributed by atoms with E-state index in [9.17, 15) is 13.6 Å². The third-order valence-corrected chi connectivity index (χ3v) is 6.18. The number of carbonyl (C=O) groups is 1. The number of benzene rings is 1. The molecule has 0 unspecified atom stereocenters. The van der Waals surface area contributed by atoms with Crippen molar-refractivity contribution in [3.05, 3.63) is 78.3 Å². The summed E-state index contributed by atoms with van der Waals surface area (Å²) < 4.78 is 28.4. The number of fused-ring (bicyclic) bond motifs is 1. The first-order valence-electron chi connectivity index (χ1n) is 11.4. The molecule has 9 heteroatoms. The van der Waals surface area contributed by atoms with Crippen molar-refractivity contribution in [2.75, 3.05) is 25.5 Å². The van der Waals surface area contributed by atoms with Crippen LogP contribution in [0.2, 0.25) is 0 Å². The Morgan fingerprint density at radius 3 is 2.71 bits per heavy atom. The number of amides is 1. The minimum Gasteiger partial charge on any atom is -0.354 e. The topological polar surface area (TPSA) is 83.0 Å². The summed E-state index contributed by atoms with van der Waals surface area (Å²) in [6.45, 7) is 1.86. The van der Waals surface area contributed by atoms with E-state index in [1.54, 1.807) is 30.6 Å².